The van der Waals surface area contributed by atoms with Gasteiger partial charge in [0.2, 0.25) is 0 Å². The quantitative estimate of drug-likeness (QED) is 0.853. The summed E-state index contributed by atoms with van der Waals surface area (Å²) < 4.78 is 8.59. The lowest BCUT2D eigenvalue weighted by Crippen LogP contribution is -2.08. The first-order valence-corrected chi connectivity index (χ1v) is 8.03. The van der Waals surface area contributed by atoms with Gasteiger partial charge in [0.25, 0.3) is 0 Å². The molecule has 1 fully saturated rings. The predicted molar refractivity (Wildman–Crippen MR) is 82.9 cm³/mol. The fraction of sp³-hybridized carbons (Fsp3) is 0.600. The summed E-state index contributed by atoms with van der Waals surface area (Å²) in [6, 6.07) is 0. The number of pyridine rings is 1. The second-order valence-corrected chi connectivity index (χ2v) is 6.65. The number of hydrogen-bond donors (Lipinski definition) is 0. The van der Waals surface area contributed by atoms with Gasteiger partial charge in [-0.15, -0.1) is 0 Å². The number of hydrogen-bond acceptors (Lipinski definition) is 3. The molecular weight excluding hydrogens is 318 g/mol. The number of rotatable bonds is 4. The molecule has 4 nitrogen and oxygen atoms in total. The Bertz CT molecular complexity index is 602. The highest BCUT2D eigenvalue weighted by atomic mass is 79.9. The molecule has 2 aromatic rings. The Morgan fingerprint density at radius 1 is 1.45 bits per heavy atom. The summed E-state index contributed by atoms with van der Waals surface area (Å²) in [7, 11) is 0. The van der Waals surface area contributed by atoms with Crippen molar-refractivity contribution < 1.29 is 4.74 Å². The molecule has 1 unspecified atom stereocenters. The predicted octanol–water partition coefficient (Wildman–Crippen LogP) is 3.74. The molecule has 0 aromatic carbocycles. The first-order valence-electron chi connectivity index (χ1n) is 7.24. The number of aryl methyl sites for hydroxylation is 1. The number of halogens is 1. The van der Waals surface area contributed by atoms with E-state index >= 15 is 0 Å². The van der Waals surface area contributed by atoms with Crippen molar-refractivity contribution in [3.63, 3.8) is 0 Å². The lowest BCUT2D eigenvalue weighted by atomic mass is 10.1. The SMILES string of the molecule is CC(C)c1nn(CCC2CCOC2)c2cncc(Br)c12. The fourth-order valence-corrected chi connectivity index (χ4v) is 3.32. The van der Waals surface area contributed by atoms with Crippen LogP contribution >= 0.6 is 15.9 Å². The van der Waals surface area contributed by atoms with E-state index in [1.54, 1.807) is 0 Å². The molecule has 3 rings (SSSR count). The van der Waals surface area contributed by atoms with Gasteiger partial charge in [0.1, 0.15) is 0 Å². The molecule has 0 radical (unpaired) electrons. The minimum atomic E-state index is 0.410. The zero-order valence-corrected chi connectivity index (χ0v) is 13.6. The van der Waals surface area contributed by atoms with Gasteiger partial charge >= 0.3 is 0 Å². The van der Waals surface area contributed by atoms with Crippen LogP contribution in [0.4, 0.5) is 0 Å². The Morgan fingerprint density at radius 3 is 3.00 bits per heavy atom. The average Bonchev–Trinajstić information content (AvgIpc) is 3.04. The third-order valence-corrected chi connectivity index (χ3v) is 4.56. The Morgan fingerprint density at radius 2 is 2.30 bits per heavy atom. The summed E-state index contributed by atoms with van der Waals surface area (Å²) in [4.78, 5) is 4.29. The van der Waals surface area contributed by atoms with Crippen LogP contribution in [-0.2, 0) is 11.3 Å². The smallest absolute Gasteiger partial charge is 0.0880 e. The van der Waals surface area contributed by atoms with Crippen molar-refractivity contribution in [1.29, 1.82) is 0 Å². The molecule has 108 valence electrons. The van der Waals surface area contributed by atoms with E-state index in [0.29, 0.717) is 11.8 Å². The fourth-order valence-electron chi connectivity index (χ4n) is 2.80. The van der Waals surface area contributed by atoms with Crippen LogP contribution in [-0.4, -0.2) is 28.0 Å². The van der Waals surface area contributed by atoms with Gasteiger partial charge in [0.15, 0.2) is 0 Å². The second-order valence-electron chi connectivity index (χ2n) is 5.80. The highest BCUT2D eigenvalue weighted by Crippen LogP contribution is 2.31. The van der Waals surface area contributed by atoms with E-state index in [9.17, 15) is 0 Å². The number of nitrogens with zero attached hydrogens (tertiary/aromatic N) is 3. The summed E-state index contributed by atoms with van der Waals surface area (Å²) in [6.07, 6.45) is 6.08. The molecule has 0 amide bonds. The van der Waals surface area contributed by atoms with Crippen LogP contribution < -0.4 is 0 Å². The van der Waals surface area contributed by atoms with Crippen molar-refractivity contribution in [3.8, 4) is 0 Å². The van der Waals surface area contributed by atoms with E-state index < -0.39 is 0 Å². The molecule has 0 N–H and O–H groups in total. The molecule has 0 aliphatic carbocycles. The van der Waals surface area contributed by atoms with Crippen molar-refractivity contribution in [2.24, 2.45) is 5.92 Å². The highest BCUT2D eigenvalue weighted by molar-refractivity contribution is 9.10. The van der Waals surface area contributed by atoms with Gasteiger partial charge in [-0.2, -0.15) is 5.10 Å². The van der Waals surface area contributed by atoms with E-state index in [4.69, 9.17) is 9.84 Å². The van der Waals surface area contributed by atoms with Gasteiger partial charge in [-0.25, -0.2) is 0 Å². The average molecular weight is 338 g/mol. The number of aromatic nitrogens is 3. The molecule has 2 aromatic heterocycles. The van der Waals surface area contributed by atoms with Crippen molar-refractivity contribution in [1.82, 2.24) is 14.8 Å². The van der Waals surface area contributed by atoms with Gasteiger partial charge in [0.05, 0.1) is 17.4 Å². The molecule has 0 spiro atoms. The zero-order valence-electron chi connectivity index (χ0n) is 12.0. The molecule has 0 saturated carbocycles. The van der Waals surface area contributed by atoms with Gasteiger partial charge in [-0.1, -0.05) is 13.8 Å². The minimum Gasteiger partial charge on any atom is -0.381 e. The summed E-state index contributed by atoms with van der Waals surface area (Å²) in [5.74, 6) is 1.09. The molecule has 20 heavy (non-hydrogen) atoms. The van der Waals surface area contributed by atoms with Gasteiger partial charge in [0, 0.05) is 35.8 Å². The number of fused-ring (bicyclic) bond motifs is 1. The summed E-state index contributed by atoms with van der Waals surface area (Å²) in [5, 5.41) is 6.02. The molecule has 1 aliphatic heterocycles. The Balaban J connectivity index is 1.92. The van der Waals surface area contributed by atoms with Crippen LogP contribution in [0.5, 0.6) is 0 Å². The van der Waals surface area contributed by atoms with E-state index in [0.717, 1.165) is 41.9 Å². The maximum Gasteiger partial charge on any atom is 0.0880 e. The Labute approximate surface area is 127 Å². The van der Waals surface area contributed by atoms with E-state index in [2.05, 4.69) is 39.4 Å². The first-order chi connectivity index (χ1) is 9.66. The van der Waals surface area contributed by atoms with Crippen molar-refractivity contribution >= 4 is 26.8 Å². The summed E-state index contributed by atoms with van der Waals surface area (Å²) in [6.45, 7) is 7.12. The third kappa shape index (κ3) is 2.61. The van der Waals surface area contributed by atoms with Crippen molar-refractivity contribution in [2.45, 2.75) is 39.2 Å². The molecule has 1 atom stereocenters. The van der Waals surface area contributed by atoms with Crippen LogP contribution in [0.1, 0.15) is 38.3 Å². The molecule has 1 saturated heterocycles. The molecule has 0 bridgehead atoms. The molecular formula is C15H20BrN3O. The van der Waals surface area contributed by atoms with Gasteiger partial charge in [-0.05, 0) is 40.6 Å². The Kier molecular flexibility index (Phi) is 4.08. The van der Waals surface area contributed by atoms with E-state index in [-0.39, 0.29) is 0 Å². The van der Waals surface area contributed by atoms with Gasteiger partial charge in [-0.3, -0.25) is 9.67 Å². The second kappa shape index (κ2) is 5.82. The molecule has 5 heteroatoms. The molecule has 3 heterocycles. The van der Waals surface area contributed by atoms with Crippen LogP contribution in [0.25, 0.3) is 10.9 Å². The highest BCUT2D eigenvalue weighted by Gasteiger charge is 2.19. The summed E-state index contributed by atoms with van der Waals surface area (Å²) >= 11 is 3.61. The summed E-state index contributed by atoms with van der Waals surface area (Å²) in [5.41, 5.74) is 2.28. The van der Waals surface area contributed by atoms with Crippen molar-refractivity contribution in [2.75, 3.05) is 13.2 Å². The lowest BCUT2D eigenvalue weighted by molar-refractivity contribution is 0.183. The van der Waals surface area contributed by atoms with E-state index in [1.807, 2.05) is 12.4 Å². The van der Waals surface area contributed by atoms with E-state index in [1.165, 1.54) is 11.8 Å². The zero-order chi connectivity index (χ0) is 14.1. The van der Waals surface area contributed by atoms with Crippen LogP contribution in [0.15, 0.2) is 16.9 Å². The normalized spacial score (nSPS) is 19.3. The van der Waals surface area contributed by atoms with Crippen LogP contribution in [0.2, 0.25) is 0 Å². The Hall–Kier alpha value is -0.940. The molecule has 1 aliphatic rings. The number of ether oxygens (including phenoxy) is 1. The van der Waals surface area contributed by atoms with Gasteiger partial charge < -0.3 is 4.74 Å². The monoisotopic (exact) mass is 337 g/mol. The maximum absolute atomic E-state index is 5.45. The first kappa shape index (κ1) is 14.0. The largest absolute Gasteiger partial charge is 0.381 e. The van der Waals surface area contributed by atoms with Crippen LogP contribution in [0.3, 0.4) is 0 Å². The van der Waals surface area contributed by atoms with Crippen molar-refractivity contribution in [3.05, 3.63) is 22.6 Å². The maximum atomic E-state index is 5.45. The standard InChI is InChI=1S/C15H20BrN3O/c1-10(2)15-14-12(16)7-17-8-13(14)19(18-15)5-3-11-4-6-20-9-11/h7-8,10-11H,3-6,9H2,1-2H3. The lowest BCUT2D eigenvalue weighted by Gasteiger charge is -2.08. The van der Waals surface area contributed by atoms with Crippen LogP contribution in [0, 0.1) is 5.92 Å². The third-order valence-electron chi connectivity index (χ3n) is 3.96. The topological polar surface area (TPSA) is 39.9 Å². The minimum absolute atomic E-state index is 0.410.